The van der Waals surface area contributed by atoms with E-state index in [0.717, 1.165) is 49.2 Å². The number of oxime groups is 1. The van der Waals surface area contributed by atoms with E-state index in [1.165, 1.54) is 0 Å². The Kier molecular flexibility index (Phi) is 2.98. The molecule has 19 heavy (non-hydrogen) atoms. The summed E-state index contributed by atoms with van der Waals surface area (Å²) in [5.41, 5.74) is 8.14. The molecule has 5 heteroatoms. The standard InChI is InChI=1S/C14H18N4O/c15-13(16)11-3-1-10(2-4-11)12-9-14(19-18-12)5-7-17-8-6-14/h1-4,17H,5-9H2,(H3,15,16). The molecule has 0 amide bonds. The Morgan fingerprint density at radius 3 is 2.58 bits per heavy atom. The van der Waals surface area contributed by atoms with Gasteiger partial charge in [0.25, 0.3) is 0 Å². The van der Waals surface area contributed by atoms with E-state index in [9.17, 15) is 0 Å². The van der Waals surface area contributed by atoms with Crippen molar-refractivity contribution in [1.82, 2.24) is 5.32 Å². The number of rotatable bonds is 2. The van der Waals surface area contributed by atoms with Gasteiger partial charge in [-0.15, -0.1) is 0 Å². The van der Waals surface area contributed by atoms with Gasteiger partial charge in [0.15, 0.2) is 0 Å². The summed E-state index contributed by atoms with van der Waals surface area (Å²) in [5, 5.41) is 15.0. The Balaban J connectivity index is 1.75. The Hall–Kier alpha value is -1.88. The molecule has 100 valence electrons. The highest BCUT2D eigenvalue weighted by molar-refractivity contribution is 6.03. The second-order valence-electron chi connectivity index (χ2n) is 5.23. The average molecular weight is 258 g/mol. The second kappa shape index (κ2) is 4.66. The molecule has 2 aliphatic heterocycles. The van der Waals surface area contributed by atoms with Gasteiger partial charge in [0.05, 0.1) is 5.71 Å². The lowest BCUT2D eigenvalue weighted by Gasteiger charge is -2.30. The van der Waals surface area contributed by atoms with Gasteiger partial charge in [0, 0.05) is 24.8 Å². The Bertz CT molecular complexity index is 515. The molecule has 0 unspecified atom stereocenters. The van der Waals surface area contributed by atoms with Gasteiger partial charge in [-0.2, -0.15) is 0 Å². The van der Waals surface area contributed by atoms with Gasteiger partial charge < -0.3 is 15.9 Å². The first-order valence-electron chi connectivity index (χ1n) is 6.59. The van der Waals surface area contributed by atoms with Crippen molar-refractivity contribution in [2.75, 3.05) is 13.1 Å². The summed E-state index contributed by atoms with van der Waals surface area (Å²) in [5.74, 6) is 0.0889. The Morgan fingerprint density at radius 1 is 1.26 bits per heavy atom. The Morgan fingerprint density at radius 2 is 1.95 bits per heavy atom. The lowest BCUT2D eigenvalue weighted by Crippen LogP contribution is -2.42. The van der Waals surface area contributed by atoms with E-state index in [4.69, 9.17) is 16.0 Å². The van der Waals surface area contributed by atoms with Gasteiger partial charge in [-0.25, -0.2) is 0 Å². The molecule has 0 saturated carbocycles. The molecular formula is C14H18N4O. The number of amidine groups is 1. The summed E-state index contributed by atoms with van der Waals surface area (Å²) in [6.45, 7) is 1.98. The highest BCUT2D eigenvalue weighted by Crippen LogP contribution is 2.34. The third-order valence-corrected chi connectivity index (χ3v) is 3.88. The number of hydrogen-bond donors (Lipinski definition) is 3. The van der Waals surface area contributed by atoms with E-state index in [0.29, 0.717) is 0 Å². The van der Waals surface area contributed by atoms with E-state index in [1.54, 1.807) is 0 Å². The van der Waals surface area contributed by atoms with Gasteiger partial charge in [-0.1, -0.05) is 29.4 Å². The molecule has 2 aliphatic rings. The van der Waals surface area contributed by atoms with E-state index in [2.05, 4.69) is 10.5 Å². The van der Waals surface area contributed by atoms with E-state index in [-0.39, 0.29) is 11.4 Å². The zero-order chi connectivity index (χ0) is 13.3. The third-order valence-electron chi connectivity index (χ3n) is 3.88. The lowest BCUT2D eigenvalue weighted by molar-refractivity contribution is -0.0400. The van der Waals surface area contributed by atoms with Crippen molar-refractivity contribution in [3.63, 3.8) is 0 Å². The number of nitrogens with zero attached hydrogens (tertiary/aromatic N) is 1. The van der Waals surface area contributed by atoms with Crippen molar-refractivity contribution < 1.29 is 4.84 Å². The van der Waals surface area contributed by atoms with Crippen LogP contribution in [0, 0.1) is 5.41 Å². The first kappa shape index (κ1) is 12.2. The first-order valence-corrected chi connectivity index (χ1v) is 6.59. The van der Waals surface area contributed by atoms with Crippen LogP contribution in [0.25, 0.3) is 0 Å². The van der Waals surface area contributed by atoms with Crippen LogP contribution in [0.5, 0.6) is 0 Å². The quantitative estimate of drug-likeness (QED) is 0.551. The number of benzene rings is 1. The van der Waals surface area contributed by atoms with Crippen molar-refractivity contribution in [1.29, 1.82) is 5.41 Å². The molecule has 0 atom stereocenters. The van der Waals surface area contributed by atoms with Crippen molar-refractivity contribution in [3.8, 4) is 0 Å². The number of nitrogens with two attached hydrogens (primary N) is 1. The molecular weight excluding hydrogens is 240 g/mol. The van der Waals surface area contributed by atoms with Gasteiger partial charge in [-0.3, -0.25) is 5.41 Å². The molecule has 4 N–H and O–H groups in total. The minimum Gasteiger partial charge on any atom is -0.388 e. The maximum atomic E-state index is 7.39. The summed E-state index contributed by atoms with van der Waals surface area (Å²) >= 11 is 0. The number of piperidine rings is 1. The summed E-state index contributed by atoms with van der Waals surface area (Å²) < 4.78 is 0. The van der Waals surface area contributed by atoms with Gasteiger partial charge in [0.2, 0.25) is 0 Å². The van der Waals surface area contributed by atoms with Crippen molar-refractivity contribution in [2.24, 2.45) is 10.9 Å². The minimum absolute atomic E-state index is 0.0889. The highest BCUT2D eigenvalue weighted by Gasteiger charge is 2.40. The third kappa shape index (κ3) is 2.33. The molecule has 2 heterocycles. The average Bonchev–Trinajstić information content (AvgIpc) is 2.83. The molecule has 5 nitrogen and oxygen atoms in total. The van der Waals surface area contributed by atoms with Crippen LogP contribution in [0.3, 0.4) is 0 Å². The van der Waals surface area contributed by atoms with Crippen molar-refractivity contribution >= 4 is 11.5 Å². The molecule has 1 aromatic rings. The van der Waals surface area contributed by atoms with Gasteiger partial charge in [-0.05, 0) is 18.7 Å². The molecule has 0 radical (unpaired) electrons. The van der Waals surface area contributed by atoms with Gasteiger partial charge >= 0.3 is 0 Å². The molecule has 3 rings (SSSR count). The fourth-order valence-electron chi connectivity index (χ4n) is 2.67. The van der Waals surface area contributed by atoms with E-state index >= 15 is 0 Å². The largest absolute Gasteiger partial charge is 0.388 e. The smallest absolute Gasteiger partial charge is 0.145 e. The molecule has 1 saturated heterocycles. The van der Waals surface area contributed by atoms with Crippen molar-refractivity contribution in [2.45, 2.75) is 24.9 Å². The predicted molar refractivity (Wildman–Crippen MR) is 74.5 cm³/mol. The van der Waals surface area contributed by atoms with Crippen LogP contribution in [-0.2, 0) is 4.84 Å². The fraction of sp³-hybridized carbons (Fsp3) is 0.429. The maximum absolute atomic E-state index is 7.39. The minimum atomic E-state index is -0.0974. The summed E-state index contributed by atoms with van der Waals surface area (Å²) in [6, 6.07) is 7.62. The van der Waals surface area contributed by atoms with Crippen LogP contribution in [0.1, 0.15) is 30.4 Å². The van der Waals surface area contributed by atoms with Crippen LogP contribution in [0.2, 0.25) is 0 Å². The molecule has 1 aromatic carbocycles. The second-order valence-corrected chi connectivity index (χ2v) is 5.23. The first-order chi connectivity index (χ1) is 9.19. The highest BCUT2D eigenvalue weighted by atomic mass is 16.7. The molecule has 0 bridgehead atoms. The topological polar surface area (TPSA) is 83.5 Å². The van der Waals surface area contributed by atoms with Crippen molar-refractivity contribution in [3.05, 3.63) is 35.4 Å². The molecule has 1 spiro atoms. The monoisotopic (exact) mass is 258 g/mol. The predicted octanol–water partition coefficient (Wildman–Crippen LogP) is 1.22. The number of hydrogen-bond acceptors (Lipinski definition) is 4. The fourth-order valence-corrected chi connectivity index (χ4v) is 2.67. The van der Waals surface area contributed by atoms with Gasteiger partial charge in [0.1, 0.15) is 11.4 Å². The maximum Gasteiger partial charge on any atom is 0.145 e. The SMILES string of the molecule is N=C(N)c1ccc(C2=NOC3(CCNCC3)C2)cc1. The molecule has 0 aromatic heterocycles. The normalized spacial score (nSPS) is 20.9. The van der Waals surface area contributed by atoms with Crippen LogP contribution in [0.4, 0.5) is 0 Å². The van der Waals surface area contributed by atoms with E-state index < -0.39 is 0 Å². The number of nitrogen functional groups attached to an aromatic ring is 1. The van der Waals surface area contributed by atoms with Crippen LogP contribution in [-0.4, -0.2) is 30.2 Å². The molecule has 0 aliphatic carbocycles. The lowest BCUT2D eigenvalue weighted by atomic mass is 9.86. The van der Waals surface area contributed by atoms with Crippen LogP contribution < -0.4 is 11.1 Å². The summed E-state index contributed by atoms with van der Waals surface area (Å²) in [7, 11) is 0. The number of nitrogens with one attached hydrogen (secondary N) is 2. The zero-order valence-electron chi connectivity index (χ0n) is 10.8. The van der Waals surface area contributed by atoms with Crippen LogP contribution in [0.15, 0.2) is 29.4 Å². The molecule has 1 fully saturated rings. The Labute approximate surface area is 112 Å². The summed E-state index contributed by atoms with van der Waals surface area (Å²) in [4.78, 5) is 5.71. The van der Waals surface area contributed by atoms with Crippen LogP contribution >= 0.6 is 0 Å². The zero-order valence-corrected chi connectivity index (χ0v) is 10.8. The summed E-state index contributed by atoms with van der Waals surface area (Å²) in [6.07, 6.45) is 2.88. The van der Waals surface area contributed by atoms with E-state index in [1.807, 2.05) is 24.3 Å².